The first kappa shape index (κ1) is 12.1. The summed E-state index contributed by atoms with van der Waals surface area (Å²) in [6, 6.07) is 5.85. The van der Waals surface area contributed by atoms with Crippen LogP contribution in [0.1, 0.15) is 30.8 Å². The number of rotatable bonds is 2. The van der Waals surface area contributed by atoms with E-state index < -0.39 is 6.23 Å². The number of aliphatic hydroxyl groups is 1. The quantitative estimate of drug-likeness (QED) is 0.715. The molecule has 0 radical (unpaired) electrons. The summed E-state index contributed by atoms with van der Waals surface area (Å²) in [5, 5.41) is 17.8. The lowest BCUT2D eigenvalue weighted by Crippen LogP contribution is -2.08. The van der Waals surface area contributed by atoms with Crippen LogP contribution in [0.2, 0.25) is 0 Å². The minimum absolute atomic E-state index is 0.273. The molecule has 3 rings (SSSR count). The second kappa shape index (κ2) is 4.60. The summed E-state index contributed by atoms with van der Waals surface area (Å²) in [5.74, 6) is 0. The van der Waals surface area contributed by atoms with E-state index in [0.29, 0.717) is 5.56 Å². The molecule has 1 aliphatic heterocycles. The number of benzene rings is 1. The Morgan fingerprint density at radius 1 is 1.47 bits per heavy atom. The van der Waals surface area contributed by atoms with Gasteiger partial charge in [0.05, 0.1) is 17.3 Å². The number of H-pyrrole nitrogens is 1. The zero-order valence-electron chi connectivity index (χ0n) is 10.7. The Hall–Kier alpha value is -1.98. The van der Waals surface area contributed by atoms with Gasteiger partial charge in [-0.1, -0.05) is 6.07 Å². The number of allylic oxidation sites excluding steroid dienone is 1. The maximum absolute atomic E-state index is 9.48. The van der Waals surface area contributed by atoms with Crippen LogP contribution in [0.5, 0.6) is 0 Å². The first-order valence-corrected chi connectivity index (χ1v) is 6.29. The lowest BCUT2D eigenvalue weighted by atomic mass is 9.99. The van der Waals surface area contributed by atoms with E-state index >= 15 is 0 Å². The van der Waals surface area contributed by atoms with Gasteiger partial charge in [0.15, 0.2) is 0 Å². The number of dihydropyridines is 1. The van der Waals surface area contributed by atoms with Crippen LogP contribution in [-0.4, -0.2) is 27.6 Å². The first-order chi connectivity index (χ1) is 9.15. The Morgan fingerprint density at radius 3 is 3.05 bits per heavy atom. The molecule has 5 nitrogen and oxygen atoms in total. The van der Waals surface area contributed by atoms with Crippen LogP contribution in [0.4, 0.5) is 0 Å². The van der Waals surface area contributed by atoms with Gasteiger partial charge in [-0.25, -0.2) is 0 Å². The van der Waals surface area contributed by atoms with E-state index in [2.05, 4.69) is 22.1 Å². The van der Waals surface area contributed by atoms with Crippen LogP contribution in [0.3, 0.4) is 0 Å². The lowest BCUT2D eigenvalue weighted by Gasteiger charge is -2.12. The molecule has 2 unspecified atom stereocenters. The Morgan fingerprint density at radius 2 is 2.32 bits per heavy atom. The van der Waals surface area contributed by atoms with Crippen LogP contribution in [-0.2, 0) is 0 Å². The summed E-state index contributed by atoms with van der Waals surface area (Å²) in [5.41, 5.74) is 9.20. The Bertz CT molecular complexity index is 669. The molecule has 4 N–H and O–H groups in total. The van der Waals surface area contributed by atoms with Crippen molar-refractivity contribution in [3.8, 4) is 0 Å². The van der Waals surface area contributed by atoms with Gasteiger partial charge in [-0.2, -0.15) is 5.10 Å². The van der Waals surface area contributed by atoms with E-state index in [0.717, 1.165) is 28.6 Å². The van der Waals surface area contributed by atoms with Crippen molar-refractivity contribution < 1.29 is 5.11 Å². The highest BCUT2D eigenvalue weighted by Gasteiger charge is 2.16. The zero-order valence-corrected chi connectivity index (χ0v) is 10.7. The summed E-state index contributed by atoms with van der Waals surface area (Å²) < 4.78 is 0. The normalized spacial score (nSPS) is 20.6. The Kier molecular flexibility index (Phi) is 2.93. The summed E-state index contributed by atoms with van der Waals surface area (Å²) in [4.78, 5) is 4.32. The molecular formula is C14H16N4O. The van der Waals surface area contributed by atoms with Gasteiger partial charge in [-0.15, -0.1) is 0 Å². The molecule has 0 bridgehead atoms. The number of hydrogen-bond acceptors (Lipinski definition) is 4. The van der Waals surface area contributed by atoms with E-state index in [4.69, 9.17) is 5.73 Å². The average Bonchev–Trinajstić information content (AvgIpc) is 2.81. The van der Waals surface area contributed by atoms with E-state index in [1.165, 1.54) is 0 Å². The van der Waals surface area contributed by atoms with Crippen molar-refractivity contribution in [1.29, 1.82) is 0 Å². The molecule has 1 aromatic heterocycles. The topological polar surface area (TPSA) is 87.3 Å². The molecule has 98 valence electrons. The zero-order chi connectivity index (χ0) is 13.4. The van der Waals surface area contributed by atoms with E-state index in [1.54, 1.807) is 6.07 Å². The molecule has 0 fully saturated rings. The van der Waals surface area contributed by atoms with Crippen molar-refractivity contribution in [1.82, 2.24) is 10.2 Å². The maximum Gasteiger partial charge on any atom is 0.128 e. The second-order valence-electron chi connectivity index (χ2n) is 4.87. The van der Waals surface area contributed by atoms with Crippen LogP contribution >= 0.6 is 0 Å². The van der Waals surface area contributed by atoms with E-state index in [1.807, 2.05) is 24.4 Å². The number of aromatic nitrogens is 2. The largest absolute Gasteiger partial charge is 0.375 e. The molecule has 19 heavy (non-hydrogen) atoms. The van der Waals surface area contributed by atoms with Gasteiger partial charge in [0, 0.05) is 11.6 Å². The van der Waals surface area contributed by atoms with Crippen molar-refractivity contribution >= 4 is 22.7 Å². The minimum Gasteiger partial charge on any atom is -0.375 e. The average molecular weight is 256 g/mol. The van der Waals surface area contributed by atoms with Crippen LogP contribution in [0.15, 0.2) is 29.3 Å². The van der Waals surface area contributed by atoms with E-state index in [-0.39, 0.29) is 6.04 Å². The van der Waals surface area contributed by atoms with Gasteiger partial charge < -0.3 is 10.8 Å². The molecular weight excluding hydrogens is 240 g/mol. The molecule has 2 heterocycles. The van der Waals surface area contributed by atoms with Gasteiger partial charge in [-0.3, -0.25) is 10.1 Å². The van der Waals surface area contributed by atoms with Gasteiger partial charge in [0.1, 0.15) is 6.23 Å². The molecule has 0 aliphatic carbocycles. The van der Waals surface area contributed by atoms with Crippen LogP contribution in [0.25, 0.3) is 16.5 Å². The number of aliphatic imine (C=N–C) groups is 1. The number of nitrogens with one attached hydrogen (secondary N) is 1. The fourth-order valence-electron chi connectivity index (χ4n) is 2.35. The predicted octanol–water partition coefficient (Wildman–Crippen LogP) is 1.76. The smallest absolute Gasteiger partial charge is 0.128 e. The molecule has 0 saturated heterocycles. The van der Waals surface area contributed by atoms with Crippen LogP contribution < -0.4 is 5.73 Å². The summed E-state index contributed by atoms with van der Waals surface area (Å²) in [7, 11) is 0. The van der Waals surface area contributed by atoms with Crippen molar-refractivity contribution in [2.45, 2.75) is 25.6 Å². The molecule has 5 heteroatoms. The molecule has 1 aliphatic rings. The standard InChI is InChI=1S/C14H16N4O/c1-8-6-9(4-5-16-8)13-11-7-10(14(15)19)2-3-12(11)17-18-13/h2-5,7-8,14,19H,6,15H2,1H3,(H,17,18). The van der Waals surface area contributed by atoms with Gasteiger partial charge in [-0.05, 0) is 42.7 Å². The van der Waals surface area contributed by atoms with Crippen molar-refractivity contribution in [2.24, 2.45) is 10.7 Å². The van der Waals surface area contributed by atoms with Gasteiger partial charge >= 0.3 is 0 Å². The van der Waals surface area contributed by atoms with Crippen molar-refractivity contribution in [3.05, 3.63) is 35.5 Å². The summed E-state index contributed by atoms with van der Waals surface area (Å²) >= 11 is 0. The third-order valence-electron chi connectivity index (χ3n) is 3.36. The number of aromatic amines is 1. The third kappa shape index (κ3) is 2.18. The fraction of sp³-hybridized carbons (Fsp3) is 0.286. The molecule has 0 amide bonds. The predicted molar refractivity (Wildman–Crippen MR) is 75.8 cm³/mol. The molecule has 0 saturated carbocycles. The molecule has 0 spiro atoms. The minimum atomic E-state index is -0.965. The lowest BCUT2D eigenvalue weighted by molar-refractivity contribution is 0.186. The van der Waals surface area contributed by atoms with Crippen molar-refractivity contribution in [2.75, 3.05) is 0 Å². The number of aliphatic hydroxyl groups excluding tert-OH is 1. The van der Waals surface area contributed by atoms with Crippen LogP contribution in [0, 0.1) is 0 Å². The fourth-order valence-corrected chi connectivity index (χ4v) is 2.35. The summed E-state index contributed by atoms with van der Waals surface area (Å²) in [6.45, 7) is 2.08. The van der Waals surface area contributed by atoms with Crippen molar-refractivity contribution in [3.63, 3.8) is 0 Å². The van der Waals surface area contributed by atoms with E-state index in [9.17, 15) is 5.11 Å². The SMILES string of the molecule is CC1CC(c2n[nH]c3ccc(C(N)O)cc23)=CC=N1. The Labute approximate surface area is 110 Å². The highest BCUT2D eigenvalue weighted by atomic mass is 16.3. The summed E-state index contributed by atoms with van der Waals surface area (Å²) in [6.07, 6.45) is 3.71. The highest BCUT2D eigenvalue weighted by Crippen LogP contribution is 2.29. The number of nitrogens with two attached hydrogens (primary N) is 1. The third-order valence-corrected chi connectivity index (χ3v) is 3.36. The number of hydrogen-bond donors (Lipinski definition) is 3. The monoisotopic (exact) mass is 256 g/mol. The first-order valence-electron chi connectivity index (χ1n) is 6.29. The second-order valence-corrected chi connectivity index (χ2v) is 4.87. The molecule has 2 aromatic rings. The van der Waals surface area contributed by atoms with Gasteiger partial charge in [0.25, 0.3) is 0 Å². The van der Waals surface area contributed by atoms with Gasteiger partial charge in [0.2, 0.25) is 0 Å². The highest BCUT2D eigenvalue weighted by molar-refractivity contribution is 5.95. The Balaban J connectivity index is 2.11. The maximum atomic E-state index is 9.48. The number of fused-ring (bicyclic) bond motifs is 1. The molecule has 1 aromatic carbocycles. The number of nitrogens with zero attached hydrogens (tertiary/aromatic N) is 2. The molecule has 2 atom stereocenters.